The molecule has 0 fully saturated rings. The van der Waals surface area contributed by atoms with Gasteiger partial charge >= 0.3 is 5.97 Å². The van der Waals surface area contributed by atoms with Gasteiger partial charge in [0.25, 0.3) is 0 Å². The number of hydrogen-bond acceptors (Lipinski definition) is 5. The number of benzene rings is 2. The van der Waals surface area contributed by atoms with Gasteiger partial charge in [0, 0.05) is 28.4 Å². The molecule has 154 valence electrons. The first kappa shape index (κ1) is 19.6. The highest BCUT2D eigenvalue weighted by Crippen LogP contribution is 2.46. The third-order valence-corrected chi connectivity index (χ3v) is 5.24. The Morgan fingerprint density at radius 1 is 1.00 bits per heavy atom. The van der Waals surface area contributed by atoms with Crippen LogP contribution >= 0.6 is 0 Å². The van der Waals surface area contributed by atoms with E-state index in [1.165, 1.54) is 14.2 Å². The fourth-order valence-corrected chi connectivity index (χ4v) is 3.99. The first-order valence-corrected chi connectivity index (χ1v) is 9.50. The van der Waals surface area contributed by atoms with E-state index in [-0.39, 0.29) is 5.69 Å². The molecule has 0 aliphatic heterocycles. The number of rotatable bonds is 6. The summed E-state index contributed by atoms with van der Waals surface area (Å²) in [6.45, 7) is 2.74. The van der Waals surface area contributed by atoms with Crippen LogP contribution in [0.5, 0.6) is 17.2 Å². The van der Waals surface area contributed by atoms with Crippen LogP contribution in [0.25, 0.3) is 33.1 Å². The molecule has 0 unspecified atom stereocenters. The van der Waals surface area contributed by atoms with Crippen molar-refractivity contribution in [2.24, 2.45) is 0 Å². The summed E-state index contributed by atoms with van der Waals surface area (Å²) < 4.78 is 18.7. The number of fused-ring (bicyclic) bond motifs is 3. The second kappa shape index (κ2) is 7.59. The molecule has 0 amide bonds. The smallest absolute Gasteiger partial charge is 0.354 e. The van der Waals surface area contributed by atoms with Gasteiger partial charge in [0.2, 0.25) is 5.75 Å². The molecular formula is C23H22N2O5. The van der Waals surface area contributed by atoms with Crippen LogP contribution in [0.15, 0.2) is 42.5 Å². The maximum absolute atomic E-state index is 11.9. The van der Waals surface area contributed by atoms with Crippen molar-refractivity contribution in [1.29, 1.82) is 0 Å². The monoisotopic (exact) mass is 406 g/mol. The topological polar surface area (TPSA) is 82.8 Å². The van der Waals surface area contributed by atoms with E-state index in [1.54, 1.807) is 19.2 Å². The highest BCUT2D eigenvalue weighted by molar-refractivity contribution is 6.13. The van der Waals surface area contributed by atoms with Crippen LogP contribution < -0.4 is 14.2 Å². The zero-order valence-corrected chi connectivity index (χ0v) is 17.2. The lowest BCUT2D eigenvalue weighted by atomic mass is 10.0. The number of para-hydroxylation sites is 1. The number of aromatic nitrogens is 2. The first-order valence-electron chi connectivity index (χ1n) is 9.50. The van der Waals surface area contributed by atoms with E-state index in [2.05, 4.69) is 9.55 Å². The van der Waals surface area contributed by atoms with Gasteiger partial charge in [-0.05, 0) is 31.2 Å². The van der Waals surface area contributed by atoms with E-state index in [1.807, 2.05) is 37.3 Å². The molecule has 0 aliphatic carbocycles. The Balaban J connectivity index is 2.20. The molecule has 2 aromatic heterocycles. The molecule has 4 rings (SSSR count). The Morgan fingerprint density at radius 2 is 1.73 bits per heavy atom. The minimum absolute atomic E-state index is 0.0339. The number of hydrogen-bond donors (Lipinski definition) is 1. The molecule has 0 spiro atoms. The SMILES string of the molecule is CCn1c2ccccc2c2cc(C(=O)O)nc(-c3ccc(OC)c(OC)c3OC)c21. The molecule has 1 N–H and O–H groups in total. The van der Waals surface area contributed by atoms with E-state index in [4.69, 9.17) is 14.2 Å². The third-order valence-electron chi connectivity index (χ3n) is 5.24. The highest BCUT2D eigenvalue weighted by atomic mass is 16.5. The number of nitrogens with zero attached hydrogens (tertiary/aromatic N) is 2. The fourth-order valence-electron chi connectivity index (χ4n) is 3.99. The second-order valence-electron chi connectivity index (χ2n) is 6.70. The summed E-state index contributed by atoms with van der Waals surface area (Å²) in [5.41, 5.74) is 2.96. The number of carboxylic acids is 1. The standard InChI is InChI=1S/C23H22N2O5/c1-5-25-17-9-7-6-8-13(17)15-12-16(23(26)27)24-19(20(15)25)14-10-11-18(28-2)22(30-4)21(14)29-3/h6-12H,5H2,1-4H3,(H,26,27). The first-order chi connectivity index (χ1) is 14.5. The molecular weight excluding hydrogens is 384 g/mol. The van der Waals surface area contributed by atoms with Crippen LogP contribution in [0.4, 0.5) is 0 Å². The number of carbonyl (C=O) groups is 1. The van der Waals surface area contributed by atoms with Gasteiger partial charge in [-0.2, -0.15) is 0 Å². The summed E-state index contributed by atoms with van der Waals surface area (Å²) in [6.07, 6.45) is 0. The number of aromatic carboxylic acids is 1. The van der Waals surface area contributed by atoms with Crippen molar-refractivity contribution < 1.29 is 24.1 Å². The van der Waals surface area contributed by atoms with Crippen LogP contribution in [0, 0.1) is 0 Å². The molecule has 2 heterocycles. The zero-order chi connectivity index (χ0) is 21.4. The second-order valence-corrected chi connectivity index (χ2v) is 6.70. The van der Waals surface area contributed by atoms with Crippen molar-refractivity contribution in [1.82, 2.24) is 9.55 Å². The van der Waals surface area contributed by atoms with E-state index >= 15 is 0 Å². The predicted molar refractivity (Wildman–Crippen MR) is 115 cm³/mol. The highest BCUT2D eigenvalue weighted by Gasteiger charge is 2.24. The average Bonchev–Trinajstić information content (AvgIpc) is 3.10. The Hall–Kier alpha value is -3.74. The summed E-state index contributed by atoms with van der Waals surface area (Å²) >= 11 is 0. The Kier molecular flexibility index (Phi) is 4.95. The zero-order valence-electron chi connectivity index (χ0n) is 17.2. The Labute approximate surface area is 173 Å². The van der Waals surface area contributed by atoms with Crippen LogP contribution in [-0.2, 0) is 6.54 Å². The van der Waals surface area contributed by atoms with Crippen LogP contribution in [0.2, 0.25) is 0 Å². The van der Waals surface area contributed by atoms with E-state index in [0.717, 1.165) is 21.8 Å². The van der Waals surface area contributed by atoms with E-state index in [9.17, 15) is 9.90 Å². The molecule has 0 saturated heterocycles. The van der Waals surface area contributed by atoms with Crippen molar-refractivity contribution in [2.45, 2.75) is 13.5 Å². The van der Waals surface area contributed by atoms with Crippen molar-refractivity contribution in [3.05, 3.63) is 48.2 Å². The summed E-state index contributed by atoms with van der Waals surface area (Å²) in [7, 11) is 4.62. The Bertz CT molecular complexity index is 1280. The lowest BCUT2D eigenvalue weighted by Crippen LogP contribution is -2.05. The summed E-state index contributed by atoms with van der Waals surface area (Å²) in [5.74, 6) is 0.277. The maximum Gasteiger partial charge on any atom is 0.354 e. The Morgan fingerprint density at radius 3 is 2.37 bits per heavy atom. The van der Waals surface area contributed by atoms with E-state index in [0.29, 0.717) is 35.1 Å². The predicted octanol–water partition coefficient (Wildman–Crippen LogP) is 4.60. The van der Waals surface area contributed by atoms with Crippen LogP contribution in [-0.4, -0.2) is 42.0 Å². The van der Waals surface area contributed by atoms with Crippen LogP contribution in [0.3, 0.4) is 0 Å². The van der Waals surface area contributed by atoms with Gasteiger partial charge in [-0.25, -0.2) is 9.78 Å². The van der Waals surface area contributed by atoms with Crippen molar-refractivity contribution >= 4 is 27.8 Å². The summed E-state index contributed by atoms with van der Waals surface area (Å²) in [4.78, 5) is 16.4. The van der Waals surface area contributed by atoms with Gasteiger partial charge in [-0.15, -0.1) is 0 Å². The molecule has 0 radical (unpaired) electrons. The molecule has 4 aromatic rings. The minimum Gasteiger partial charge on any atom is -0.493 e. The molecule has 30 heavy (non-hydrogen) atoms. The van der Waals surface area contributed by atoms with E-state index < -0.39 is 5.97 Å². The average molecular weight is 406 g/mol. The van der Waals surface area contributed by atoms with Crippen molar-refractivity contribution in [3.8, 4) is 28.5 Å². The quantitative estimate of drug-likeness (QED) is 0.504. The maximum atomic E-state index is 11.9. The lowest BCUT2D eigenvalue weighted by molar-refractivity contribution is 0.0691. The molecule has 2 aromatic carbocycles. The third kappa shape index (κ3) is 2.82. The normalized spacial score (nSPS) is 11.1. The molecule has 7 nitrogen and oxygen atoms in total. The van der Waals surface area contributed by atoms with Gasteiger partial charge in [-0.1, -0.05) is 18.2 Å². The molecule has 0 aliphatic rings. The largest absolute Gasteiger partial charge is 0.493 e. The van der Waals surface area contributed by atoms with Crippen molar-refractivity contribution in [2.75, 3.05) is 21.3 Å². The van der Waals surface area contributed by atoms with Gasteiger partial charge in [-0.3, -0.25) is 0 Å². The van der Waals surface area contributed by atoms with Gasteiger partial charge in [0.1, 0.15) is 5.69 Å². The van der Waals surface area contributed by atoms with Gasteiger partial charge < -0.3 is 23.9 Å². The summed E-state index contributed by atoms with van der Waals surface area (Å²) in [6, 6.07) is 13.1. The number of methoxy groups -OCH3 is 3. The number of aryl methyl sites for hydroxylation is 1. The van der Waals surface area contributed by atoms with Gasteiger partial charge in [0.15, 0.2) is 11.5 Å². The number of ether oxygens (including phenoxy) is 3. The molecule has 0 bridgehead atoms. The molecule has 0 saturated carbocycles. The van der Waals surface area contributed by atoms with Crippen LogP contribution in [0.1, 0.15) is 17.4 Å². The lowest BCUT2D eigenvalue weighted by Gasteiger charge is -2.17. The van der Waals surface area contributed by atoms with Crippen molar-refractivity contribution in [3.63, 3.8) is 0 Å². The van der Waals surface area contributed by atoms with Gasteiger partial charge in [0.05, 0.1) is 32.5 Å². The number of carboxylic acid groups (broad SMARTS) is 1. The fraction of sp³-hybridized carbons (Fsp3) is 0.217. The summed E-state index contributed by atoms with van der Waals surface area (Å²) in [5, 5.41) is 11.5. The number of pyridine rings is 1. The molecule has 7 heteroatoms. The molecule has 0 atom stereocenters. The minimum atomic E-state index is -1.09.